The molecule has 0 atom stereocenters. The Balaban J connectivity index is 1.54. The normalized spacial score (nSPS) is 15.4. The van der Waals surface area contributed by atoms with Crippen LogP contribution in [0.1, 0.15) is 18.5 Å². The summed E-state index contributed by atoms with van der Waals surface area (Å²) in [4.78, 5) is 27.0. The third-order valence-corrected chi connectivity index (χ3v) is 6.62. The third-order valence-electron chi connectivity index (χ3n) is 5.32. The second kappa shape index (κ2) is 8.54. The minimum Gasteiger partial charge on any atom is -0.362 e. The largest absolute Gasteiger partial charge is 0.362 e. The Bertz CT molecular complexity index is 1390. The zero-order chi connectivity index (χ0) is 22.9. The Morgan fingerprint density at radius 2 is 1.91 bits per heavy atom. The molecule has 32 heavy (non-hydrogen) atoms. The van der Waals surface area contributed by atoms with Crippen LogP contribution in [0.15, 0.2) is 62.6 Å². The van der Waals surface area contributed by atoms with Crippen LogP contribution < -0.4 is 10.9 Å². The predicted molar refractivity (Wildman–Crippen MR) is 122 cm³/mol. The Morgan fingerprint density at radius 1 is 1.16 bits per heavy atom. The molecule has 0 aliphatic carbocycles. The molecule has 1 amide bonds. The number of rotatable bonds is 5. The van der Waals surface area contributed by atoms with Crippen molar-refractivity contribution in [2.75, 3.05) is 18.9 Å². The van der Waals surface area contributed by atoms with Crippen molar-refractivity contribution >= 4 is 38.2 Å². The van der Waals surface area contributed by atoms with E-state index >= 15 is 0 Å². The van der Waals surface area contributed by atoms with Gasteiger partial charge >= 0.3 is 0 Å². The van der Waals surface area contributed by atoms with Gasteiger partial charge in [-0.15, -0.1) is 4.40 Å². The Morgan fingerprint density at radius 3 is 2.62 bits per heavy atom. The van der Waals surface area contributed by atoms with Crippen LogP contribution in [0.3, 0.4) is 0 Å². The van der Waals surface area contributed by atoms with E-state index < -0.39 is 15.9 Å². The number of aryl methyl sites for hydroxylation is 1. The van der Waals surface area contributed by atoms with Gasteiger partial charge in [0.25, 0.3) is 15.6 Å². The highest BCUT2D eigenvalue weighted by molar-refractivity contribution is 7.90. The van der Waals surface area contributed by atoms with Gasteiger partial charge in [-0.1, -0.05) is 24.3 Å². The molecule has 166 valence electrons. The molecule has 2 aromatic carbocycles. The number of carbonyl (C=O) groups excluding carboxylic acids is 1. The van der Waals surface area contributed by atoms with Crippen molar-refractivity contribution in [2.24, 2.45) is 4.40 Å². The molecule has 1 aromatic heterocycles. The van der Waals surface area contributed by atoms with Gasteiger partial charge in [0.05, 0.1) is 16.0 Å². The minimum absolute atomic E-state index is 0.0139. The number of carbonyl (C=O) groups is 1. The lowest BCUT2D eigenvalue weighted by atomic mass is 10.1. The molecule has 1 aliphatic rings. The Hall–Kier alpha value is -3.53. The molecule has 0 bridgehead atoms. The number of anilines is 1. The van der Waals surface area contributed by atoms with Gasteiger partial charge in [-0.2, -0.15) is 13.5 Å². The number of nitrogens with zero attached hydrogens (tertiary/aromatic N) is 4. The molecule has 2 heterocycles. The minimum atomic E-state index is -3.90. The lowest BCUT2D eigenvalue weighted by Gasteiger charge is -2.12. The summed E-state index contributed by atoms with van der Waals surface area (Å²) in [6, 6.07) is 13.0. The van der Waals surface area contributed by atoms with Gasteiger partial charge in [0.15, 0.2) is 0 Å². The van der Waals surface area contributed by atoms with E-state index in [1.54, 1.807) is 25.1 Å². The van der Waals surface area contributed by atoms with Crippen molar-refractivity contribution in [3.63, 3.8) is 0 Å². The molecular formula is C22H23N5O4S. The summed E-state index contributed by atoms with van der Waals surface area (Å²) < 4.78 is 30.4. The van der Waals surface area contributed by atoms with E-state index in [0.29, 0.717) is 29.0 Å². The van der Waals surface area contributed by atoms with E-state index in [9.17, 15) is 18.0 Å². The second-order valence-corrected chi connectivity index (χ2v) is 9.28. The lowest BCUT2D eigenvalue weighted by molar-refractivity contribution is -0.117. The standard InChI is InChI=1S/C22H23N5O4S/c1-15-18-9-3-4-10-19(18)22(29)27(24-15)14-21(28)23-16-7-5-8-17(13-16)32(30,31)25-20-11-6-12-26(20)2/h3-5,7-10,13H,6,11-12,14H2,1-2H3,(H,23,28)/b25-20+. The van der Waals surface area contributed by atoms with Crippen LogP contribution in [0.5, 0.6) is 0 Å². The highest BCUT2D eigenvalue weighted by atomic mass is 32.2. The van der Waals surface area contributed by atoms with E-state index in [2.05, 4.69) is 14.8 Å². The maximum atomic E-state index is 12.7. The molecule has 0 saturated carbocycles. The summed E-state index contributed by atoms with van der Waals surface area (Å²) in [6.45, 7) is 2.24. The average Bonchev–Trinajstić information content (AvgIpc) is 3.15. The Kier molecular flexibility index (Phi) is 5.79. The SMILES string of the molecule is Cc1nn(CC(=O)Nc2cccc(S(=O)(=O)/N=C3\CCCN3C)c2)c(=O)c2ccccc12. The van der Waals surface area contributed by atoms with Crippen LogP contribution in [-0.2, 0) is 21.4 Å². The number of fused-ring (bicyclic) bond motifs is 1. The summed E-state index contributed by atoms with van der Waals surface area (Å²) in [6.07, 6.45) is 1.47. The van der Waals surface area contributed by atoms with Crippen molar-refractivity contribution in [1.29, 1.82) is 0 Å². The van der Waals surface area contributed by atoms with Crippen molar-refractivity contribution in [3.8, 4) is 0 Å². The molecule has 0 spiro atoms. The zero-order valence-electron chi connectivity index (χ0n) is 17.8. The predicted octanol–water partition coefficient (Wildman–Crippen LogP) is 2.16. The first kappa shape index (κ1) is 21.7. The summed E-state index contributed by atoms with van der Waals surface area (Å²) in [5.41, 5.74) is 0.563. The van der Waals surface area contributed by atoms with Gasteiger partial charge in [-0.25, -0.2) is 4.68 Å². The molecular weight excluding hydrogens is 430 g/mol. The van der Waals surface area contributed by atoms with Crippen molar-refractivity contribution in [1.82, 2.24) is 14.7 Å². The number of nitrogens with one attached hydrogen (secondary N) is 1. The first-order chi connectivity index (χ1) is 15.2. The molecule has 0 unspecified atom stereocenters. The van der Waals surface area contributed by atoms with Crippen LogP contribution in [0.2, 0.25) is 0 Å². The molecule has 10 heteroatoms. The fourth-order valence-corrected chi connectivity index (χ4v) is 4.82. The number of likely N-dealkylation sites (tertiary alicyclic amines) is 1. The number of sulfonamides is 1. The highest BCUT2D eigenvalue weighted by Gasteiger charge is 2.21. The van der Waals surface area contributed by atoms with E-state index in [4.69, 9.17) is 0 Å². The van der Waals surface area contributed by atoms with Gasteiger partial charge in [-0.05, 0) is 37.6 Å². The topological polar surface area (TPSA) is 114 Å². The molecule has 1 aliphatic heterocycles. The van der Waals surface area contributed by atoms with E-state index in [-0.39, 0.29) is 17.0 Å². The molecule has 1 fully saturated rings. The number of amides is 1. The summed E-state index contributed by atoms with van der Waals surface area (Å²) in [5, 5.41) is 8.09. The van der Waals surface area contributed by atoms with Crippen LogP contribution in [0.25, 0.3) is 10.8 Å². The monoisotopic (exact) mass is 453 g/mol. The number of aromatic nitrogens is 2. The fraction of sp³-hybridized carbons (Fsp3) is 0.273. The molecule has 3 aromatic rings. The molecule has 0 radical (unpaired) electrons. The second-order valence-electron chi connectivity index (χ2n) is 7.68. The average molecular weight is 454 g/mol. The molecule has 4 rings (SSSR count). The Labute approximate surface area is 185 Å². The third kappa shape index (κ3) is 4.40. The number of hydrogen-bond acceptors (Lipinski definition) is 5. The van der Waals surface area contributed by atoms with Gasteiger partial charge in [0.2, 0.25) is 5.91 Å². The number of hydrogen-bond donors (Lipinski definition) is 1. The fourth-order valence-electron chi connectivity index (χ4n) is 3.68. The van der Waals surface area contributed by atoms with Crippen LogP contribution >= 0.6 is 0 Å². The maximum Gasteiger partial charge on any atom is 0.284 e. The van der Waals surface area contributed by atoms with Crippen molar-refractivity contribution in [3.05, 3.63) is 64.6 Å². The summed E-state index contributed by atoms with van der Waals surface area (Å²) in [5.74, 6) is 0.0298. The van der Waals surface area contributed by atoms with Gasteiger partial charge in [0.1, 0.15) is 12.4 Å². The molecule has 1 saturated heterocycles. The van der Waals surface area contributed by atoms with E-state index in [1.807, 2.05) is 24.1 Å². The van der Waals surface area contributed by atoms with Gasteiger partial charge in [0, 0.05) is 31.1 Å². The quantitative estimate of drug-likeness (QED) is 0.633. The number of benzene rings is 2. The summed E-state index contributed by atoms with van der Waals surface area (Å²) in [7, 11) is -2.09. The van der Waals surface area contributed by atoms with Crippen molar-refractivity contribution in [2.45, 2.75) is 31.2 Å². The van der Waals surface area contributed by atoms with Gasteiger partial charge in [-0.3, -0.25) is 9.59 Å². The first-order valence-corrected chi connectivity index (χ1v) is 11.6. The van der Waals surface area contributed by atoms with E-state index in [0.717, 1.165) is 23.0 Å². The first-order valence-electron chi connectivity index (χ1n) is 10.2. The van der Waals surface area contributed by atoms with Crippen molar-refractivity contribution < 1.29 is 13.2 Å². The number of amidine groups is 1. The lowest BCUT2D eigenvalue weighted by Crippen LogP contribution is -2.30. The van der Waals surface area contributed by atoms with E-state index in [1.165, 1.54) is 18.2 Å². The summed E-state index contributed by atoms with van der Waals surface area (Å²) >= 11 is 0. The van der Waals surface area contributed by atoms with Gasteiger partial charge < -0.3 is 10.2 Å². The molecule has 1 N–H and O–H groups in total. The highest BCUT2D eigenvalue weighted by Crippen LogP contribution is 2.20. The zero-order valence-corrected chi connectivity index (χ0v) is 18.6. The maximum absolute atomic E-state index is 12.7. The smallest absolute Gasteiger partial charge is 0.284 e. The molecule has 9 nitrogen and oxygen atoms in total. The van der Waals surface area contributed by atoms with Crippen LogP contribution in [0, 0.1) is 6.92 Å². The van der Waals surface area contributed by atoms with Crippen LogP contribution in [0.4, 0.5) is 5.69 Å². The van der Waals surface area contributed by atoms with Crippen LogP contribution in [-0.4, -0.2) is 48.4 Å².